The first-order valence-corrected chi connectivity index (χ1v) is 7.84. The average Bonchev–Trinajstić information content (AvgIpc) is 2.92. The van der Waals surface area contributed by atoms with Gasteiger partial charge in [-0.3, -0.25) is 4.79 Å². The summed E-state index contributed by atoms with van der Waals surface area (Å²) in [4.78, 5) is 11.7. The molecule has 24 heavy (non-hydrogen) atoms. The van der Waals surface area contributed by atoms with Gasteiger partial charge in [0.2, 0.25) is 0 Å². The Bertz CT molecular complexity index is 1020. The molecule has 2 N–H and O–H groups in total. The maximum atomic E-state index is 11.7. The summed E-state index contributed by atoms with van der Waals surface area (Å²) in [7, 11) is 1.35. The number of ether oxygens (including phenoxy) is 1. The molecule has 0 fully saturated rings. The Morgan fingerprint density at radius 1 is 1.12 bits per heavy atom. The summed E-state index contributed by atoms with van der Waals surface area (Å²) >= 11 is 0. The third-order valence-electron chi connectivity index (χ3n) is 4.42. The number of carbonyl (C=O) groups is 1. The number of carbonyl (C=O) groups excluding carboxylic acids is 1. The molecule has 0 radical (unpaired) electrons. The summed E-state index contributed by atoms with van der Waals surface area (Å²) in [5.41, 5.74) is 8.80. The quantitative estimate of drug-likeness (QED) is 0.584. The van der Waals surface area contributed by atoms with Crippen LogP contribution in [0.3, 0.4) is 0 Å². The second-order valence-corrected chi connectivity index (χ2v) is 5.88. The highest BCUT2D eigenvalue weighted by Gasteiger charge is 2.24. The lowest BCUT2D eigenvalue weighted by molar-refractivity contribution is -0.142. The van der Waals surface area contributed by atoms with Crippen LogP contribution in [-0.4, -0.2) is 19.1 Å². The lowest BCUT2D eigenvalue weighted by Crippen LogP contribution is -2.33. The number of nitrogens with two attached hydrogens (primary N) is 1. The van der Waals surface area contributed by atoms with E-state index in [1.54, 1.807) is 0 Å². The number of para-hydroxylation sites is 1. The van der Waals surface area contributed by atoms with Crippen molar-refractivity contribution in [3.05, 3.63) is 60.2 Å². The summed E-state index contributed by atoms with van der Waals surface area (Å²) in [6.45, 7) is 0. The minimum Gasteiger partial charge on any atom is -0.468 e. The van der Waals surface area contributed by atoms with Gasteiger partial charge in [0.25, 0.3) is 0 Å². The van der Waals surface area contributed by atoms with Crippen LogP contribution in [0.4, 0.5) is 0 Å². The van der Waals surface area contributed by atoms with Crippen LogP contribution in [0, 0.1) is 0 Å². The molecule has 4 rings (SSSR count). The van der Waals surface area contributed by atoms with Crippen molar-refractivity contribution in [2.45, 2.75) is 12.5 Å². The number of methoxy groups -OCH3 is 1. The van der Waals surface area contributed by atoms with Crippen LogP contribution < -0.4 is 5.73 Å². The number of esters is 1. The molecular weight excluding hydrogens is 302 g/mol. The van der Waals surface area contributed by atoms with E-state index in [0.29, 0.717) is 6.42 Å². The van der Waals surface area contributed by atoms with Gasteiger partial charge in [-0.2, -0.15) is 0 Å². The van der Waals surface area contributed by atoms with Gasteiger partial charge < -0.3 is 14.9 Å². The fourth-order valence-electron chi connectivity index (χ4n) is 3.26. The van der Waals surface area contributed by atoms with Crippen LogP contribution in [0.1, 0.15) is 5.56 Å². The second-order valence-electron chi connectivity index (χ2n) is 5.88. The molecule has 1 unspecified atom stereocenters. The fraction of sp³-hybridized carbons (Fsp3) is 0.150. The van der Waals surface area contributed by atoms with Gasteiger partial charge >= 0.3 is 5.97 Å². The molecule has 1 heterocycles. The molecule has 0 aromatic heterocycles. The van der Waals surface area contributed by atoms with E-state index in [1.165, 1.54) is 7.11 Å². The van der Waals surface area contributed by atoms with Gasteiger partial charge in [0.15, 0.2) is 0 Å². The van der Waals surface area contributed by atoms with E-state index >= 15 is 0 Å². The van der Waals surface area contributed by atoms with Crippen molar-refractivity contribution >= 4 is 27.7 Å². The first kappa shape index (κ1) is 14.7. The molecule has 1 aliphatic carbocycles. The molecule has 1 atom stereocenters. The highest BCUT2D eigenvalue weighted by molar-refractivity contribution is 6.06. The molecule has 1 aliphatic heterocycles. The molecule has 2 aliphatic rings. The Morgan fingerprint density at radius 3 is 2.62 bits per heavy atom. The van der Waals surface area contributed by atoms with E-state index in [-0.39, 0.29) is 0 Å². The number of hydrogen-bond acceptors (Lipinski definition) is 4. The second kappa shape index (κ2) is 5.65. The monoisotopic (exact) mass is 319 g/mol. The normalized spacial score (nSPS) is 12.8. The third kappa shape index (κ3) is 2.23. The van der Waals surface area contributed by atoms with Gasteiger partial charge in [-0.05, 0) is 22.9 Å². The van der Waals surface area contributed by atoms with Crippen molar-refractivity contribution in [2.75, 3.05) is 7.11 Å². The lowest BCUT2D eigenvalue weighted by atomic mass is 10.0. The van der Waals surface area contributed by atoms with Crippen LogP contribution in [0.25, 0.3) is 33.1 Å². The van der Waals surface area contributed by atoms with E-state index in [2.05, 4.69) is 12.1 Å². The van der Waals surface area contributed by atoms with Crippen LogP contribution in [-0.2, 0) is 16.0 Å². The van der Waals surface area contributed by atoms with E-state index in [9.17, 15) is 4.79 Å². The Balaban J connectivity index is 1.99. The molecular formula is C20H17NO3. The van der Waals surface area contributed by atoms with E-state index < -0.39 is 12.0 Å². The van der Waals surface area contributed by atoms with Crippen LogP contribution in [0.2, 0.25) is 0 Å². The topological polar surface area (TPSA) is 65.5 Å². The van der Waals surface area contributed by atoms with Crippen LogP contribution in [0.15, 0.2) is 59.0 Å². The first-order valence-electron chi connectivity index (χ1n) is 7.84. The molecule has 2 aromatic carbocycles. The van der Waals surface area contributed by atoms with E-state index in [0.717, 1.165) is 38.6 Å². The molecule has 0 saturated carbocycles. The molecule has 0 bridgehead atoms. The largest absolute Gasteiger partial charge is 0.468 e. The number of benzene rings is 2. The zero-order chi connectivity index (χ0) is 16.7. The van der Waals surface area contributed by atoms with Gasteiger partial charge in [-0.1, -0.05) is 42.5 Å². The minimum atomic E-state index is -0.717. The molecule has 120 valence electrons. The summed E-state index contributed by atoms with van der Waals surface area (Å²) in [5, 5.41) is 3.21. The molecule has 4 heteroatoms. The molecule has 0 spiro atoms. The zero-order valence-corrected chi connectivity index (χ0v) is 13.3. The molecule has 0 saturated heterocycles. The SMILES string of the molecule is COC(=O)C(N)Cc1c2oc3ccccc3cc-2c2ccccc12. The van der Waals surface area contributed by atoms with Crippen molar-refractivity contribution in [1.82, 2.24) is 0 Å². The Morgan fingerprint density at radius 2 is 1.83 bits per heavy atom. The maximum absolute atomic E-state index is 11.7. The van der Waals surface area contributed by atoms with Crippen LogP contribution >= 0.6 is 0 Å². The average molecular weight is 319 g/mol. The third-order valence-corrected chi connectivity index (χ3v) is 4.42. The Hall–Kier alpha value is -2.85. The van der Waals surface area contributed by atoms with Crippen molar-refractivity contribution < 1.29 is 13.9 Å². The lowest BCUT2D eigenvalue weighted by Gasteiger charge is -2.10. The smallest absolute Gasteiger partial charge is 0.322 e. The summed E-state index contributed by atoms with van der Waals surface area (Å²) in [6.07, 6.45) is 0.374. The summed E-state index contributed by atoms with van der Waals surface area (Å²) < 4.78 is 10.9. The molecule has 0 amide bonds. The van der Waals surface area contributed by atoms with Crippen molar-refractivity contribution in [3.63, 3.8) is 0 Å². The van der Waals surface area contributed by atoms with Crippen molar-refractivity contribution in [1.29, 1.82) is 0 Å². The number of hydrogen-bond donors (Lipinski definition) is 1. The first-order chi connectivity index (χ1) is 11.7. The van der Waals surface area contributed by atoms with Gasteiger partial charge in [0.1, 0.15) is 17.4 Å². The summed E-state index contributed by atoms with van der Waals surface area (Å²) in [6, 6.07) is 17.4. The highest BCUT2D eigenvalue weighted by Crippen LogP contribution is 2.41. The van der Waals surface area contributed by atoms with Crippen LogP contribution in [0.5, 0.6) is 0 Å². The zero-order valence-electron chi connectivity index (χ0n) is 13.3. The van der Waals surface area contributed by atoms with Crippen molar-refractivity contribution in [3.8, 4) is 11.3 Å². The Labute approximate surface area is 139 Å². The fourth-order valence-corrected chi connectivity index (χ4v) is 3.26. The van der Waals surface area contributed by atoms with E-state index in [1.807, 2.05) is 42.5 Å². The molecule has 4 nitrogen and oxygen atoms in total. The van der Waals surface area contributed by atoms with Gasteiger partial charge in [0, 0.05) is 22.9 Å². The van der Waals surface area contributed by atoms with Gasteiger partial charge in [-0.25, -0.2) is 0 Å². The predicted molar refractivity (Wildman–Crippen MR) is 94.0 cm³/mol. The van der Waals surface area contributed by atoms with E-state index in [4.69, 9.17) is 14.9 Å². The van der Waals surface area contributed by atoms with Gasteiger partial charge in [-0.15, -0.1) is 0 Å². The standard InChI is InChI=1S/C20H17NO3/c1-23-20(22)17(21)11-16-14-8-4-3-7-13(14)15-10-12-6-2-5-9-18(12)24-19(15)16/h2-10,17H,11,21H2,1H3. The minimum absolute atomic E-state index is 0.374. The molecule has 2 aromatic rings. The highest BCUT2D eigenvalue weighted by atomic mass is 16.5. The van der Waals surface area contributed by atoms with Gasteiger partial charge in [0.05, 0.1) is 7.11 Å². The predicted octanol–water partition coefficient (Wildman–Crippen LogP) is 3.73. The summed E-state index contributed by atoms with van der Waals surface area (Å²) in [5.74, 6) is 0.364. The van der Waals surface area contributed by atoms with Crippen molar-refractivity contribution in [2.24, 2.45) is 5.73 Å². The maximum Gasteiger partial charge on any atom is 0.322 e. The Kier molecular flexibility index (Phi) is 3.47. The number of rotatable bonds is 3. The number of fused-ring (bicyclic) bond motifs is 4.